The molecule has 7 heavy (non-hydrogen) atoms. The summed E-state index contributed by atoms with van der Waals surface area (Å²) in [5, 5.41) is 15.3. The van der Waals surface area contributed by atoms with E-state index in [1.807, 2.05) is 0 Å². The van der Waals surface area contributed by atoms with E-state index in [4.69, 9.17) is 10.5 Å². The predicted molar refractivity (Wildman–Crippen MR) is 19.1 cm³/mol. The van der Waals surface area contributed by atoms with Crippen LogP contribution in [0, 0.1) is 23.0 Å². The van der Waals surface area contributed by atoms with Gasteiger partial charge in [-0.25, -0.2) is 0 Å². The summed E-state index contributed by atoms with van der Waals surface area (Å²) in [6, 6.07) is 0. The summed E-state index contributed by atoms with van der Waals surface area (Å²) in [5.41, 5.74) is 0. The fourth-order valence-electron chi connectivity index (χ4n) is 0.0474. The molecular formula is C2N2O2Te. The molecule has 0 aromatic carbocycles. The third-order valence-corrected chi connectivity index (χ3v) is 0.956. The molecule has 0 amide bonds. The summed E-state index contributed by atoms with van der Waals surface area (Å²) >= 11 is -1.25. The summed E-state index contributed by atoms with van der Waals surface area (Å²) in [7, 11) is 0. The fourth-order valence-corrected chi connectivity index (χ4v) is 0.318. The van der Waals surface area contributed by atoms with E-state index in [-0.39, 0.29) is 0 Å². The van der Waals surface area contributed by atoms with Crippen LogP contribution in [0.5, 0.6) is 0 Å². The van der Waals surface area contributed by atoms with Gasteiger partial charge in [-0.05, 0) is 0 Å². The maximum atomic E-state index is 7.66. The van der Waals surface area contributed by atoms with Crippen molar-refractivity contribution in [3.8, 4) is 12.5 Å². The topological polar surface area (TPSA) is 66.0 Å². The van der Waals surface area contributed by atoms with Crippen LogP contribution in [0.2, 0.25) is 0 Å². The van der Waals surface area contributed by atoms with Gasteiger partial charge in [0.1, 0.15) is 0 Å². The first-order valence-corrected chi connectivity index (χ1v) is 3.09. The molecule has 4 nitrogen and oxygen atoms in total. The standard InChI is InChI=1S/C2N2O2Te/c3-1-5-7-6-2-4. The molecule has 0 aromatic heterocycles. The molecule has 0 rings (SSSR count). The second-order valence-corrected chi connectivity index (χ2v) is 1.76. The van der Waals surface area contributed by atoms with Crippen LogP contribution in [-0.4, -0.2) is 21.7 Å². The Hall–Kier alpha value is -0.630. The molecule has 0 N–H and O–H groups in total. The molecule has 0 unspecified atom stereocenters. The zero-order valence-corrected chi connectivity index (χ0v) is 5.45. The maximum absolute atomic E-state index is 7.66. The Balaban J connectivity index is 2.77. The monoisotopic (exact) mass is 214 g/mol. The van der Waals surface area contributed by atoms with Gasteiger partial charge >= 0.3 is 51.0 Å². The summed E-state index contributed by atoms with van der Waals surface area (Å²) in [4.78, 5) is 0. The summed E-state index contributed by atoms with van der Waals surface area (Å²) in [6.07, 6.45) is 2.77. The molecule has 0 aliphatic rings. The van der Waals surface area contributed by atoms with E-state index < -0.39 is 21.7 Å². The summed E-state index contributed by atoms with van der Waals surface area (Å²) in [5.74, 6) is 0. The normalized spacial score (nSPS) is 5.43. The van der Waals surface area contributed by atoms with Gasteiger partial charge in [0.05, 0.1) is 0 Å². The molecule has 0 spiro atoms. The zero-order chi connectivity index (χ0) is 5.54. The molecule has 0 saturated carbocycles. The Morgan fingerprint density at radius 1 is 1.14 bits per heavy atom. The van der Waals surface area contributed by atoms with E-state index >= 15 is 0 Å². The van der Waals surface area contributed by atoms with Crippen LogP contribution in [0.1, 0.15) is 0 Å². The molecule has 0 aliphatic heterocycles. The van der Waals surface area contributed by atoms with Crippen LogP contribution in [0.15, 0.2) is 0 Å². The van der Waals surface area contributed by atoms with Crippen molar-refractivity contribution in [1.29, 1.82) is 10.5 Å². The fraction of sp³-hybridized carbons (Fsp3) is 0. The van der Waals surface area contributed by atoms with Gasteiger partial charge in [0.15, 0.2) is 0 Å². The first-order valence-electron chi connectivity index (χ1n) is 1.19. The molecular weight excluding hydrogens is 212 g/mol. The summed E-state index contributed by atoms with van der Waals surface area (Å²) < 4.78 is 8.13. The van der Waals surface area contributed by atoms with Gasteiger partial charge in [-0.1, -0.05) is 0 Å². The van der Waals surface area contributed by atoms with Crippen LogP contribution in [0.3, 0.4) is 0 Å². The van der Waals surface area contributed by atoms with Crippen molar-refractivity contribution >= 4 is 21.7 Å². The first-order chi connectivity index (χ1) is 3.41. The molecule has 5 heteroatoms. The predicted octanol–water partition coefficient (Wildman–Crippen LogP) is -0.484. The zero-order valence-electron chi connectivity index (χ0n) is 3.12. The first kappa shape index (κ1) is 6.37. The van der Waals surface area contributed by atoms with E-state index in [9.17, 15) is 0 Å². The molecule has 36 valence electrons. The molecule has 0 aliphatic carbocycles. The number of nitrogens with zero attached hydrogens (tertiary/aromatic N) is 2. The SMILES string of the molecule is N#CO[Te]OC#N. The molecule has 0 saturated heterocycles. The minimum absolute atomic E-state index is 1.25. The average molecular weight is 212 g/mol. The van der Waals surface area contributed by atoms with Crippen molar-refractivity contribution in [3.63, 3.8) is 0 Å². The van der Waals surface area contributed by atoms with E-state index in [0.29, 0.717) is 0 Å². The van der Waals surface area contributed by atoms with Gasteiger partial charge in [-0.2, -0.15) is 0 Å². The van der Waals surface area contributed by atoms with Crippen molar-refractivity contribution in [3.05, 3.63) is 0 Å². The second-order valence-electron chi connectivity index (χ2n) is 0.417. The van der Waals surface area contributed by atoms with Crippen LogP contribution >= 0.6 is 0 Å². The van der Waals surface area contributed by atoms with Crippen molar-refractivity contribution < 1.29 is 6.20 Å². The molecule has 0 atom stereocenters. The third-order valence-electron chi connectivity index (χ3n) is 0.143. The summed E-state index contributed by atoms with van der Waals surface area (Å²) in [6.45, 7) is 0. The number of hydrogen-bond donors (Lipinski definition) is 0. The van der Waals surface area contributed by atoms with Gasteiger partial charge < -0.3 is 0 Å². The Morgan fingerprint density at radius 3 is 1.86 bits per heavy atom. The van der Waals surface area contributed by atoms with Gasteiger partial charge in [0.25, 0.3) is 0 Å². The van der Waals surface area contributed by atoms with Crippen molar-refractivity contribution in [2.45, 2.75) is 0 Å². The Labute approximate surface area is 51.4 Å². The van der Waals surface area contributed by atoms with E-state index in [0.717, 1.165) is 0 Å². The number of rotatable bonds is 2. The Kier molecular flexibility index (Phi) is 4.89. The number of nitriles is 2. The Bertz CT molecular complexity index is 97.8. The molecule has 0 heterocycles. The van der Waals surface area contributed by atoms with Gasteiger partial charge in [-0.3, -0.25) is 0 Å². The van der Waals surface area contributed by atoms with E-state index in [2.05, 4.69) is 6.20 Å². The number of hydrogen-bond acceptors (Lipinski definition) is 4. The minimum atomic E-state index is -1.25. The van der Waals surface area contributed by atoms with Crippen LogP contribution < -0.4 is 0 Å². The third kappa shape index (κ3) is 5.37. The molecule has 0 aromatic rings. The van der Waals surface area contributed by atoms with E-state index in [1.54, 1.807) is 0 Å². The van der Waals surface area contributed by atoms with E-state index in [1.165, 1.54) is 12.5 Å². The molecule has 0 fully saturated rings. The molecule has 0 bridgehead atoms. The van der Waals surface area contributed by atoms with Crippen molar-refractivity contribution in [2.24, 2.45) is 0 Å². The quantitative estimate of drug-likeness (QED) is 0.352. The van der Waals surface area contributed by atoms with Gasteiger partial charge in [0, 0.05) is 0 Å². The average Bonchev–Trinajstić information content (AvgIpc) is 1.69. The van der Waals surface area contributed by atoms with Crippen molar-refractivity contribution in [1.82, 2.24) is 0 Å². The van der Waals surface area contributed by atoms with Gasteiger partial charge in [-0.15, -0.1) is 0 Å². The van der Waals surface area contributed by atoms with Crippen LogP contribution in [0.25, 0.3) is 0 Å². The van der Waals surface area contributed by atoms with Crippen LogP contribution in [-0.2, 0) is 6.20 Å². The Morgan fingerprint density at radius 2 is 1.57 bits per heavy atom. The van der Waals surface area contributed by atoms with Crippen LogP contribution in [0.4, 0.5) is 0 Å². The second kappa shape index (κ2) is 5.37. The van der Waals surface area contributed by atoms with Gasteiger partial charge in [0.2, 0.25) is 0 Å². The van der Waals surface area contributed by atoms with Crippen molar-refractivity contribution in [2.75, 3.05) is 0 Å². The molecule has 0 radical (unpaired) electrons.